The molecule has 1 heterocycles. The molecule has 220 valence electrons. The summed E-state index contributed by atoms with van der Waals surface area (Å²) in [5, 5.41) is 11.9. The summed E-state index contributed by atoms with van der Waals surface area (Å²) < 4.78 is 32.3. The highest BCUT2D eigenvalue weighted by Gasteiger charge is 2.55. The predicted molar refractivity (Wildman–Crippen MR) is 161 cm³/mol. The molecule has 0 saturated carbocycles. The first-order chi connectivity index (χ1) is 20.6. The molecular weight excluding hydrogens is 528 g/mol. The van der Waals surface area contributed by atoms with E-state index in [0.29, 0.717) is 32.8 Å². The van der Waals surface area contributed by atoms with Crippen LogP contribution in [0.1, 0.15) is 35.6 Å². The van der Waals surface area contributed by atoms with Crippen LogP contribution in [0.15, 0.2) is 121 Å². The molecule has 1 aliphatic rings. The highest BCUT2D eigenvalue weighted by molar-refractivity contribution is 5.16. The van der Waals surface area contributed by atoms with E-state index in [1.807, 2.05) is 128 Å². The van der Waals surface area contributed by atoms with E-state index in [2.05, 4.69) is 0 Å². The fraction of sp³-hybridized carbons (Fsp3) is 0.333. The van der Waals surface area contributed by atoms with E-state index in [0.717, 1.165) is 22.3 Å². The van der Waals surface area contributed by atoms with Gasteiger partial charge in [-0.05, 0) is 22.3 Å². The first-order valence-electron chi connectivity index (χ1n) is 14.6. The van der Waals surface area contributed by atoms with Gasteiger partial charge in [-0.1, -0.05) is 128 Å². The molecule has 5 rings (SSSR count). The van der Waals surface area contributed by atoms with Crippen molar-refractivity contribution < 1.29 is 28.8 Å². The van der Waals surface area contributed by atoms with Crippen LogP contribution in [0.25, 0.3) is 0 Å². The molecule has 1 fully saturated rings. The van der Waals surface area contributed by atoms with Crippen molar-refractivity contribution in [3.05, 3.63) is 144 Å². The third kappa shape index (κ3) is 8.13. The van der Waals surface area contributed by atoms with Crippen molar-refractivity contribution in [3.8, 4) is 0 Å². The minimum atomic E-state index is -1.61. The van der Waals surface area contributed by atoms with Crippen LogP contribution in [0.5, 0.6) is 0 Å². The Bertz CT molecular complexity index is 1300. The first-order valence-corrected chi connectivity index (χ1v) is 14.6. The predicted octanol–water partition coefficient (Wildman–Crippen LogP) is 6.46. The summed E-state index contributed by atoms with van der Waals surface area (Å²) in [6.45, 7) is 3.50. The quantitative estimate of drug-likeness (QED) is 0.188. The lowest BCUT2D eigenvalue weighted by Gasteiger charge is -2.50. The van der Waals surface area contributed by atoms with Gasteiger partial charge in [-0.3, -0.25) is 0 Å². The molecular formula is C36H40O6. The van der Waals surface area contributed by atoms with Crippen LogP contribution in [0, 0.1) is 0 Å². The van der Waals surface area contributed by atoms with E-state index in [4.69, 9.17) is 23.7 Å². The number of benzene rings is 4. The van der Waals surface area contributed by atoms with E-state index in [1.54, 1.807) is 0 Å². The third-order valence-corrected chi connectivity index (χ3v) is 7.53. The van der Waals surface area contributed by atoms with Gasteiger partial charge in [-0.2, -0.15) is 0 Å². The Morgan fingerprint density at radius 3 is 1.43 bits per heavy atom. The fourth-order valence-corrected chi connectivity index (χ4v) is 5.22. The molecule has 0 radical (unpaired) electrons. The largest absolute Gasteiger partial charge is 0.374 e. The Morgan fingerprint density at radius 2 is 0.976 bits per heavy atom. The van der Waals surface area contributed by atoms with Gasteiger partial charge < -0.3 is 28.8 Å². The summed E-state index contributed by atoms with van der Waals surface area (Å²) in [4.78, 5) is 0. The van der Waals surface area contributed by atoms with E-state index >= 15 is 0 Å². The van der Waals surface area contributed by atoms with Gasteiger partial charge in [-0.15, -0.1) is 0 Å². The molecule has 42 heavy (non-hydrogen) atoms. The molecule has 1 N–H and O–H groups in total. The van der Waals surface area contributed by atoms with Gasteiger partial charge >= 0.3 is 0 Å². The van der Waals surface area contributed by atoms with Gasteiger partial charge in [0.05, 0.1) is 33.0 Å². The molecule has 1 saturated heterocycles. The van der Waals surface area contributed by atoms with Crippen LogP contribution in [-0.2, 0) is 50.1 Å². The van der Waals surface area contributed by atoms with Gasteiger partial charge in [0.2, 0.25) is 0 Å². The Hall–Kier alpha value is -3.36. The minimum Gasteiger partial charge on any atom is -0.374 e. The second kappa shape index (κ2) is 15.2. The average Bonchev–Trinajstić information content (AvgIpc) is 3.05. The van der Waals surface area contributed by atoms with Crippen molar-refractivity contribution in [1.82, 2.24) is 0 Å². The lowest BCUT2D eigenvalue weighted by Crippen LogP contribution is -2.67. The zero-order chi connectivity index (χ0) is 29.0. The summed E-state index contributed by atoms with van der Waals surface area (Å²) in [7, 11) is 0. The molecule has 0 spiro atoms. The summed E-state index contributed by atoms with van der Waals surface area (Å²) in [5.74, 6) is -1.61. The van der Waals surface area contributed by atoms with Crippen molar-refractivity contribution >= 4 is 0 Å². The van der Waals surface area contributed by atoms with Crippen LogP contribution in [0.2, 0.25) is 0 Å². The molecule has 0 aromatic heterocycles. The molecule has 1 aliphatic heterocycles. The minimum absolute atomic E-state index is 0.216. The fourth-order valence-electron chi connectivity index (χ4n) is 5.22. The zero-order valence-electron chi connectivity index (χ0n) is 24.1. The number of aliphatic hydroxyl groups is 1. The van der Waals surface area contributed by atoms with Gasteiger partial charge in [0.1, 0.15) is 24.4 Å². The summed E-state index contributed by atoms with van der Waals surface area (Å²) in [6.07, 6.45) is -2.31. The van der Waals surface area contributed by atoms with E-state index in [1.165, 1.54) is 0 Å². The normalized spacial score (nSPS) is 24.0. The first kappa shape index (κ1) is 30.1. The van der Waals surface area contributed by atoms with Crippen molar-refractivity contribution in [1.29, 1.82) is 0 Å². The Labute approximate surface area is 248 Å². The van der Waals surface area contributed by atoms with Crippen LogP contribution in [-0.4, -0.2) is 41.9 Å². The Morgan fingerprint density at radius 1 is 0.571 bits per heavy atom. The number of hydrogen-bond donors (Lipinski definition) is 1. The number of ether oxygens (including phenoxy) is 5. The maximum Gasteiger partial charge on any atom is 0.195 e. The number of hydrogen-bond acceptors (Lipinski definition) is 6. The molecule has 1 unspecified atom stereocenters. The maximum atomic E-state index is 11.9. The van der Waals surface area contributed by atoms with E-state index < -0.39 is 30.2 Å². The monoisotopic (exact) mass is 568 g/mol. The topological polar surface area (TPSA) is 66.4 Å². The van der Waals surface area contributed by atoms with Crippen LogP contribution in [0.3, 0.4) is 0 Å². The summed E-state index contributed by atoms with van der Waals surface area (Å²) in [5.41, 5.74) is 4.10. The van der Waals surface area contributed by atoms with Crippen LogP contribution >= 0.6 is 0 Å². The van der Waals surface area contributed by atoms with E-state index in [9.17, 15) is 5.11 Å². The molecule has 0 bridgehead atoms. The van der Waals surface area contributed by atoms with Gasteiger partial charge in [0, 0.05) is 6.42 Å². The summed E-state index contributed by atoms with van der Waals surface area (Å²) in [6, 6.07) is 39.9. The number of rotatable bonds is 14. The lowest BCUT2D eigenvalue weighted by atomic mass is 9.90. The molecule has 0 aliphatic carbocycles. The second-order valence-corrected chi connectivity index (χ2v) is 10.6. The highest BCUT2D eigenvalue weighted by Crippen LogP contribution is 2.37. The van der Waals surface area contributed by atoms with Crippen molar-refractivity contribution in [3.63, 3.8) is 0 Å². The van der Waals surface area contributed by atoms with E-state index in [-0.39, 0.29) is 6.61 Å². The standard InChI is InChI=1S/C36H40O6/c1-2-36(37)35(41-26-31-21-13-6-14-22-31)34(40-25-30-19-11-5-12-20-30)33(39-24-29-17-9-4-10-18-29)32(42-36)27-38-23-28-15-7-3-8-16-28/h3-22,32-35,37H,2,23-27H2,1H3/t32-,33-,34+,35-,36?/m1/s1. The molecule has 5 atom stereocenters. The Kier molecular flexibility index (Phi) is 10.9. The van der Waals surface area contributed by atoms with Gasteiger partial charge in [0.15, 0.2) is 5.79 Å². The van der Waals surface area contributed by atoms with Gasteiger partial charge in [0.25, 0.3) is 0 Å². The molecule has 4 aromatic carbocycles. The van der Waals surface area contributed by atoms with Crippen molar-refractivity contribution in [2.75, 3.05) is 6.61 Å². The third-order valence-electron chi connectivity index (χ3n) is 7.53. The SMILES string of the molecule is CCC1(O)O[C@H](COCc2ccccc2)[C@@H](OCc2ccccc2)[C@H](OCc2ccccc2)[C@H]1OCc1ccccc1. The molecule has 6 nitrogen and oxygen atoms in total. The lowest BCUT2D eigenvalue weighted by molar-refractivity contribution is -0.371. The average molecular weight is 569 g/mol. The smallest absolute Gasteiger partial charge is 0.195 e. The Balaban J connectivity index is 1.42. The molecule has 6 heteroatoms. The maximum absolute atomic E-state index is 11.9. The van der Waals surface area contributed by atoms with Gasteiger partial charge in [-0.25, -0.2) is 0 Å². The van der Waals surface area contributed by atoms with Crippen LogP contribution < -0.4 is 0 Å². The molecule has 4 aromatic rings. The zero-order valence-corrected chi connectivity index (χ0v) is 24.1. The summed E-state index contributed by atoms with van der Waals surface area (Å²) >= 11 is 0. The molecule has 0 amide bonds. The van der Waals surface area contributed by atoms with Crippen LogP contribution in [0.4, 0.5) is 0 Å². The second-order valence-electron chi connectivity index (χ2n) is 10.6. The highest BCUT2D eigenvalue weighted by atomic mass is 16.7. The van der Waals surface area contributed by atoms with Crippen molar-refractivity contribution in [2.45, 2.75) is 70.0 Å². The van der Waals surface area contributed by atoms with Crippen molar-refractivity contribution in [2.24, 2.45) is 0 Å².